The van der Waals surface area contributed by atoms with Gasteiger partial charge in [0.15, 0.2) is 11.6 Å². The predicted octanol–water partition coefficient (Wildman–Crippen LogP) is 2.59. The van der Waals surface area contributed by atoms with Crippen molar-refractivity contribution in [1.82, 2.24) is 0 Å². The lowest BCUT2D eigenvalue weighted by Crippen LogP contribution is -2.20. The standard InChI is InChI=1S/C12H16O2/c1-5-6-10-9(4)11(13)7(2)8(3)12(10)14/h5-6H2,1-4H3. The van der Waals surface area contributed by atoms with E-state index in [0.717, 1.165) is 6.42 Å². The molecule has 0 aromatic heterocycles. The topological polar surface area (TPSA) is 34.1 Å². The summed E-state index contributed by atoms with van der Waals surface area (Å²) in [6, 6.07) is 0. The number of ketones is 2. The smallest absolute Gasteiger partial charge is 0.185 e. The van der Waals surface area contributed by atoms with Crippen LogP contribution in [0.25, 0.3) is 0 Å². The van der Waals surface area contributed by atoms with Gasteiger partial charge in [-0.1, -0.05) is 13.3 Å². The van der Waals surface area contributed by atoms with Gasteiger partial charge in [-0.25, -0.2) is 0 Å². The Morgan fingerprint density at radius 2 is 1.36 bits per heavy atom. The van der Waals surface area contributed by atoms with E-state index in [1.54, 1.807) is 20.8 Å². The lowest BCUT2D eigenvalue weighted by atomic mass is 9.84. The Balaban J connectivity index is 3.19. The molecule has 0 aromatic carbocycles. The van der Waals surface area contributed by atoms with Crippen molar-refractivity contribution in [2.75, 3.05) is 0 Å². The molecule has 0 saturated carbocycles. The fourth-order valence-corrected chi connectivity index (χ4v) is 1.71. The third kappa shape index (κ3) is 1.57. The summed E-state index contributed by atoms with van der Waals surface area (Å²) in [6.07, 6.45) is 1.61. The van der Waals surface area contributed by atoms with Gasteiger partial charge < -0.3 is 0 Å². The average Bonchev–Trinajstić information content (AvgIpc) is 2.19. The Kier molecular flexibility index (Phi) is 3.04. The molecule has 0 amide bonds. The van der Waals surface area contributed by atoms with E-state index < -0.39 is 0 Å². The molecule has 0 atom stereocenters. The number of rotatable bonds is 2. The van der Waals surface area contributed by atoms with Gasteiger partial charge in [0.2, 0.25) is 0 Å². The largest absolute Gasteiger partial charge is 0.289 e. The summed E-state index contributed by atoms with van der Waals surface area (Å²) in [4.78, 5) is 23.5. The van der Waals surface area contributed by atoms with Crippen LogP contribution in [-0.4, -0.2) is 11.6 Å². The van der Waals surface area contributed by atoms with Crippen LogP contribution in [0.4, 0.5) is 0 Å². The molecule has 0 fully saturated rings. The first-order valence-electron chi connectivity index (χ1n) is 4.97. The highest BCUT2D eigenvalue weighted by Gasteiger charge is 2.26. The van der Waals surface area contributed by atoms with Crippen molar-refractivity contribution < 1.29 is 9.59 Å². The number of carbonyl (C=O) groups is 2. The minimum atomic E-state index is 0.0329. The first-order chi connectivity index (χ1) is 6.50. The van der Waals surface area contributed by atoms with Gasteiger partial charge in [-0.15, -0.1) is 0 Å². The Hall–Kier alpha value is -1.18. The lowest BCUT2D eigenvalue weighted by Gasteiger charge is -2.17. The molecule has 14 heavy (non-hydrogen) atoms. The number of hydrogen-bond donors (Lipinski definition) is 0. The molecule has 0 radical (unpaired) electrons. The van der Waals surface area contributed by atoms with E-state index >= 15 is 0 Å². The van der Waals surface area contributed by atoms with Gasteiger partial charge in [0, 0.05) is 22.3 Å². The molecule has 2 nitrogen and oxygen atoms in total. The van der Waals surface area contributed by atoms with E-state index in [9.17, 15) is 9.59 Å². The third-order valence-electron chi connectivity index (χ3n) is 2.81. The van der Waals surface area contributed by atoms with Crippen LogP contribution in [0.5, 0.6) is 0 Å². The second-order valence-corrected chi connectivity index (χ2v) is 3.76. The van der Waals surface area contributed by atoms with Crippen molar-refractivity contribution in [3.63, 3.8) is 0 Å². The Morgan fingerprint density at radius 1 is 0.857 bits per heavy atom. The van der Waals surface area contributed by atoms with Crippen molar-refractivity contribution in [1.29, 1.82) is 0 Å². The van der Waals surface area contributed by atoms with Crippen LogP contribution < -0.4 is 0 Å². The number of hydrogen-bond acceptors (Lipinski definition) is 2. The highest BCUT2D eigenvalue weighted by atomic mass is 16.1. The number of Topliss-reactive ketones (excluding diaryl/α,β-unsaturated/α-hetero) is 2. The third-order valence-corrected chi connectivity index (χ3v) is 2.81. The summed E-state index contributed by atoms with van der Waals surface area (Å²) >= 11 is 0. The van der Waals surface area contributed by atoms with E-state index in [4.69, 9.17) is 0 Å². The maximum absolute atomic E-state index is 11.8. The molecule has 0 aliphatic heterocycles. The highest BCUT2D eigenvalue weighted by molar-refractivity contribution is 6.24. The molecule has 0 heterocycles. The summed E-state index contributed by atoms with van der Waals surface area (Å²) in [7, 11) is 0. The quantitative estimate of drug-likeness (QED) is 0.630. The zero-order valence-corrected chi connectivity index (χ0v) is 9.23. The molecule has 76 valence electrons. The molecule has 1 rings (SSSR count). The van der Waals surface area contributed by atoms with Crippen molar-refractivity contribution >= 4 is 11.6 Å². The van der Waals surface area contributed by atoms with Gasteiger partial charge in [-0.2, -0.15) is 0 Å². The maximum Gasteiger partial charge on any atom is 0.185 e. The molecular weight excluding hydrogens is 176 g/mol. The van der Waals surface area contributed by atoms with Crippen LogP contribution in [0, 0.1) is 0 Å². The Morgan fingerprint density at radius 3 is 1.86 bits per heavy atom. The number of carbonyl (C=O) groups excluding carboxylic acids is 2. The first kappa shape index (κ1) is 10.9. The monoisotopic (exact) mass is 192 g/mol. The summed E-state index contributed by atoms with van der Waals surface area (Å²) < 4.78 is 0. The summed E-state index contributed by atoms with van der Waals surface area (Å²) in [6.45, 7) is 7.22. The van der Waals surface area contributed by atoms with E-state index in [0.29, 0.717) is 28.7 Å². The molecular formula is C12H16O2. The maximum atomic E-state index is 11.8. The second-order valence-electron chi connectivity index (χ2n) is 3.76. The van der Waals surface area contributed by atoms with Crippen molar-refractivity contribution in [2.45, 2.75) is 40.5 Å². The van der Waals surface area contributed by atoms with Gasteiger partial charge >= 0.3 is 0 Å². The SMILES string of the molecule is CCCC1=C(C)C(=O)C(C)=C(C)C1=O. The zero-order valence-electron chi connectivity index (χ0n) is 9.23. The van der Waals surface area contributed by atoms with Crippen LogP contribution in [0.15, 0.2) is 22.3 Å². The van der Waals surface area contributed by atoms with E-state index in [2.05, 4.69) is 0 Å². The molecule has 0 saturated heterocycles. The first-order valence-corrected chi connectivity index (χ1v) is 4.97. The van der Waals surface area contributed by atoms with Gasteiger partial charge in [-0.05, 0) is 27.2 Å². The molecule has 0 bridgehead atoms. The number of allylic oxidation sites excluding steroid dienone is 4. The molecule has 0 N–H and O–H groups in total. The van der Waals surface area contributed by atoms with Crippen LogP contribution in [-0.2, 0) is 9.59 Å². The van der Waals surface area contributed by atoms with Crippen LogP contribution in [0.2, 0.25) is 0 Å². The zero-order chi connectivity index (χ0) is 10.9. The van der Waals surface area contributed by atoms with Crippen LogP contribution in [0.1, 0.15) is 40.5 Å². The minimum absolute atomic E-state index is 0.0329. The van der Waals surface area contributed by atoms with Gasteiger partial charge in [0.05, 0.1) is 0 Å². The predicted molar refractivity (Wildman–Crippen MR) is 56.0 cm³/mol. The van der Waals surface area contributed by atoms with Crippen molar-refractivity contribution in [3.8, 4) is 0 Å². The van der Waals surface area contributed by atoms with E-state index in [-0.39, 0.29) is 11.6 Å². The van der Waals surface area contributed by atoms with E-state index in [1.807, 2.05) is 6.92 Å². The fourth-order valence-electron chi connectivity index (χ4n) is 1.71. The lowest BCUT2D eigenvalue weighted by molar-refractivity contribution is -0.116. The normalized spacial score (nSPS) is 18.3. The molecule has 0 spiro atoms. The average molecular weight is 192 g/mol. The van der Waals surface area contributed by atoms with Gasteiger partial charge in [0.25, 0.3) is 0 Å². The van der Waals surface area contributed by atoms with Crippen molar-refractivity contribution in [2.24, 2.45) is 0 Å². The molecule has 0 unspecified atom stereocenters. The highest BCUT2D eigenvalue weighted by Crippen LogP contribution is 2.26. The van der Waals surface area contributed by atoms with Gasteiger partial charge in [-0.3, -0.25) is 9.59 Å². The van der Waals surface area contributed by atoms with Crippen LogP contribution in [0.3, 0.4) is 0 Å². The van der Waals surface area contributed by atoms with Gasteiger partial charge in [0.1, 0.15) is 0 Å². The van der Waals surface area contributed by atoms with Crippen LogP contribution >= 0.6 is 0 Å². The second kappa shape index (κ2) is 3.91. The molecule has 1 aliphatic rings. The summed E-state index contributed by atoms with van der Waals surface area (Å²) in [5, 5.41) is 0. The van der Waals surface area contributed by atoms with E-state index in [1.165, 1.54) is 0 Å². The summed E-state index contributed by atoms with van der Waals surface area (Å²) in [5.41, 5.74) is 2.57. The Labute approximate surface area is 84.7 Å². The molecule has 2 heteroatoms. The molecule has 0 aromatic rings. The minimum Gasteiger partial charge on any atom is -0.289 e. The Bertz CT molecular complexity index is 357. The fraction of sp³-hybridized carbons (Fsp3) is 0.500. The summed E-state index contributed by atoms with van der Waals surface area (Å²) in [5.74, 6) is 0.0898. The van der Waals surface area contributed by atoms with Crippen molar-refractivity contribution in [3.05, 3.63) is 22.3 Å². The molecule has 1 aliphatic carbocycles.